The van der Waals surface area contributed by atoms with Crippen molar-refractivity contribution in [3.63, 3.8) is 0 Å². The van der Waals surface area contributed by atoms with Crippen LogP contribution in [-0.4, -0.2) is 37.1 Å². The highest BCUT2D eigenvalue weighted by Gasteiger charge is 2.24. The first-order chi connectivity index (χ1) is 8.63. The van der Waals surface area contributed by atoms with Crippen molar-refractivity contribution in [2.75, 3.05) is 25.9 Å². The third-order valence-electron chi connectivity index (χ3n) is 3.32. The van der Waals surface area contributed by atoms with E-state index in [1.165, 1.54) is 0 Å². The fourth-order valence-electron chi connectivity index (χ4n) is 2.18. The molecule has 1 saturated heterocycles. The molecule has 1 heterocycles. The van der Waals surface area contributed by atoms with Crippen LogP contribution in [0.1, 0.15) is 23.2 Å². The first-order valence-corrected chi connectivity index (χ1v) is 6.79. The average Bonchev–Trinajstić information content (AvgIpc) is 2.41. The number of anilines is 1. The number of rotatable bonds is 2. The monoisotopic (exact) mass is 312 g/mol. The normalized spacial score (nSPS) is 16.9. The molecule has 98 valence electrons. The summed E-state index contributed by atoms with van der Waals surface area (Å²) in [5.74, 6) is 0.0312. The number of benzene rings is 1. The number of halogens is 1. The fourth-order valence-corrected chi connectivity index (χ4v) is 2.61. The molecule has 1 aliphatic heterocycles. The number of methoxy groups -OCH3 is 1. The zero-order valence-corrected chi connectivity index (χ0v) is 11.9. The maximum Gasteiger partial charge on any atom is 0.255 e. The Balaban J connectivity index is 2.10. The Morgan fingerprint density at radius 3 is 2.72 bits per heavy atom. The predicted octanol–water partition coefficient (Wildman–Crippen LogP) is 2.28. The molecule has 0 spiro atoms. The van der Waals surface area contributed by atoms with E-state index in [9.17, 15) is 4.79 Å². The molecule has 0 aliphatic carbocycles. The number of likely N-dealkylation sites (tertiary alicyclic amines) is 1. The molecule has 4 nitrogen and oxygen atoms in total. The van der Waals surface area contributed by atoms with Crippen LogP contribution in [0, 0.1) is 0 Å². The third-order valence-corrected chi connectivity index (χ3v) is 4.21. The fraction of sp³-hybridized carbons (Fsp3) is 0.462. The molecule has 0 atom stereocenters. The van der Waals surface area contributed by atoms with Crippen LogP contribution in [0.3, 0.4) is 0 Å². The average molecular weight is 313 g/mol. The number of amides is 1. The highest BCUT2D eigenvalue weighted by Crippen LogP contribution is 2.26. The number of nitrogens with zero attached hydrogens (tertiary/aromatic N) is 1. The maximum absolute atomic E-state index is 12.4. The Labute approximate surface area is 115 Å². The first-order valence-electron chi connectivity index (χ1n) is 5.99. The molecule has 0 radical (unpaired) electrons. The molecule has 0 aromatic heterocycles. The number of ether oxygens (including phenoxy) is 1. The lowest BCUT2D eigenvalue weighted by Gasteiger charge is -2.31. The van der Waals surface area contributed by atoms with Crippen molar-refractivity contribution in [3.8, 4) is 0 Å². The summed E-state index contributed by atoms with van der Waals surface area (Å²) < 4.78 is 5.98. The van der Waals surface area contributed by atoms with E-state index in [4.69, 9.17) is 10.5 Å². The minimum absolute atomic E-state index is 0.0312. The molecule has 2 N–H and O–H groups in total. The van der Waals surface area contributed by atoms with Crippen LogP contribution in [0.5, 0.6) is 0 Å². The lowest BCUT2D eigenvalue weighted by molar-refractivity contribution is 0.0350. The Morgan fingerprint density at radius 2 is 2.11 bits per heavy atom. The van der Waals surface area contributed by atoms with E-state index in [0.29, 0.717) is 15.7 Å². The van der Waals surface area contributed by atoms with Gasteiger partial charge in [-0.3, -0.25) is 4.79 Å². The van der Waals surface area contributed by atoms with E-state index >= 15 is 0 Å². The van der Waals surface area contributed by atoms with Gasteiger partial charge in [0.15, 0.2) is 0 Å². The number of nitrogen functional groups attached to an aromatic ring is 1. The minimum Gasteiger partial charge on any atom is -0.398 e. The second-order valence-corrected chi connectivity index (χ2v) is 5.23. The Kier molecular flexibility index (Phi) is 4.24. The van der Waals surface area contributed by atoms with E-state index in [0.717, 1.165) is 25.9 Å². The predicted molar refractivity (Wildman–Crippen MR) is 74.5 cm³/mol. The molecular weight excluding hydrogens is 296 g/mol. The van der Waals surface area contributed by atoms with Gasteiger partial charge in [-0.05, 0) is 40.9 Å². The summed E-state index contributed by atoms with van der Waals surface area (Å²) in [6.45, 7) is 1.47. The lowest BCUT2D eigenvalue weighted by Crippen LogP contribution is -2.40. The van der Waals surface area contributed by atoms with Crippen molar-refractivity contribution >= 4 is 27.5 Å². The largest absolute Gasteiger partial charge is 0.398 e. The van der Waals surface area contributed by atoms with Gasteiger partial charge in [-0.25, -0.2) is 0 Å². The second kappa shape index (κ2) is 5.71. The smallest absolute Gasteiger partial charge is 0.255 e. The highest BCUT2D eigenvalue weighted by atomic mass is 79.9. The van der Waals surface area contributed by atoms with Crippen LogP contribution in [0.15, 0.2) is 22.7 Å². The second-order valence-electron chi connectivity index (χ2n) is 4.44. The van der Waals surface area contributed by atoms with Gasteiger partial charge in [0, 0.05) is 25.9 Å². The van der Waals surface area contributed by atoms with E-state index in [-0.39, 0.29) is 12.0 Å². The summed E-state index contributed by atoms with van der Waals surface area (Å²) in [4.78, 5) is 14.2. The Bertz CT molecular complexity index is 443. The van der Waals surface area contributed by atoms with Crippen molar-refractivity contribution in [1.82, 2.24) is 4.90 Å². The number of carbonyl (C=O) groups is 1. The number of carbonyl (C=O) groups excluding carboxylic acids is 1. The van der Waals surface area contributed by atoms with Crippen LogP contribution >= 0.6 is 15.9 Å². The number of piperidine rings is 1. The van der Waals surface area contributed by atoms with Gasteiger partial charge in [-0.2, -0.15) is 0 Å². The number of hydrogen-bond acceptors (Lipinski definition) is 3. The number of hydrogen-bond donors (Lipinski definition) is 1. The van der Waals surface area contributed by atoms with Gasteiger partial charge < -0.3 is 15.4 Å². The molecule has 1 aromatic rings. The van der Waals surface area contributed by atoms with Crippen molar-refractivity contribution in [1.29, 1.82) is 0 Å². The van der Waals surface area contributed by atoms with Crippen LogP contribution in [0.25, 0.3) is 0 Å². The van der Waals surface area contributed by atoms with Crippen LogP contribution in [-0.2, 0) is 4.74 Å². The van der Waals surface area contributed by atoms with Gasteiger partial charge in [0.2, 0.25) is 0 Å². The van der Waals surface area contributed by atoms with Gasteiger partial charge in [0.05, 0.1) is 16.1 Å². The Hall–Kier alpha value is -1.07. The quantitative estimate of drug-likeness (QED) is 0.852. The van der Waals surface area contributed by atoms with Gasteiger partial charge in [-0.1, -0.05) is 6.07 Å². The molecule has 0 bridgehead atoms. The molecule has 5 heteroatoms. The SMILES string of the molecule is COC1CCN(C(=O)c2cccc(N)c2Br)CC1. The van der Waals surface area contributed by atoms with Gasteiger partial charge >= 0.3 is 0 Å². The minimum atomic E-state index is 0.0312. The van der Waals surface area contributed by atoms with E-state index in [1.54, 1.807) is 25.3 Å². The van der Waals surface area contributed by atoms with Crippen LogP contribution < -0.4 is 5.73 Å². The summed E-state index contributed by atoms with van der Waals surface area (Å²) in [7, 11) is 1.72. The van der Waals surface area contributed by atoms with Crippen LogP contribution in [0.4, 0.5) is 5.69 Å². The molecule has 1 amide bonds. The summed E-state index contributed by atoms with van der Waals surface area (Å²) in [5, 5.41) is 0. The zero-order valence-electron chi connectivity index (χ0n) is 10.4. The highest BCUT2D eigenvalue weighted by molar-refractivity contribution is 9.10. The van der Waals surface area contributed by atoms with E-state index < -0.39 is 0 Å². The first kappa shape index (κ1) is 13.4. The molecule has 2 rings (SSSR count). The van der Waals surface area contributed by atoms with E-state index in [1.807, 2.05) is 4.90 Å². The van der Waals surface area contributed by atoms with Gasteiger partial charge in [-0.15, -0.1) is 0 Å². The van der Waals surface area contributed by atoms with Crippen molar-refractivity contribution < 1.29 is 9.53 Å². The maximum atomic E-state index is 12.4. The number of nitrogens with two attached hydrogens (primary N) is 1. The molecule has 0 saturated carbocycles. The van der Waals surface area contributed by atoms with Crippen molar-refractivity contribution in [2.45, 2.75) is 18.9 Å². The van der Waals surface area contributed by atoms with Crippen molar-refractivity contribution in [2.24, 2.45) is 0 Å². The third kappa shape index (κ3) is 2.67. The molecule has 1 aromatic carbocycles. The van der Waals surface area contributed by atoms with Crippen molar-refractivity contribution in [3.05, 3.63) is 28.2 Å². The summed E-state index contributed by atoms with van der Waals surface area (Å²) in [6.07, 6.45) is 2.06. The van der Waals surface area contributed by atoms with E-state index in [2.05, 4.69) is 15.9 Å². The summed E-state index contributed by atoms with van der Waals surface area (Å²) in [5.41, 5.74) is 7.01. The molecule has 0 unspecified atom stereocenters. The van der Waals surface area contributed by atoms with Gasteiger partial charge in [0.25, 0.3) is 5.91 Å². The standard InChI is InChI=1S/C13H17BrN2O2/c1-18-9-5-7-16(8-6-9)13(17)10-3-2-4-11(15)12(10)14/h2-4,9H,5-8,15H2,1H3. The summed E-state index contributed by atoms with van der Waals surface area (Å²) in [6, 6.07) is 5.37. The molecule has 1 aliphatic rings. The lowest BCUT2D eigenvalue weighted by atomic mass is 10.1. The summed E-state index contributed by atoms with van der Waals surface area (Å²) >= 11 is 3.38. The molecule has 1 fully saturated rings. The topological polar surface area (TPSA) is 55.6 Å². The van der Waals surface area contributed by atoms with Crippen LogP contribution in [0.2, 0.25) is 0 Å². The molecule has 18 heavy (non-hydrogen) atoms. The molecular formula is C13H17BrN2O2. The Morgan fingerprint density at radius 1 is 1.44 bits per heavy atom. The zero-order chi connectivity index (χ0) is 13.1. The van der Waals surface area contributed by atoms with Gasteiger partial charge in [0.1, 0.15) is 0 Å².